The van der Waals surface area contributed by atoms with Gasteiger partial charge in [-0.2, -0.15) is 0 Å². The Kier molecular flexibility index (Phi) is 3.46. The quantitative estimate of drug-likeness (QED) is 0.682. The fraction of sp³-hybridized carbons (Fsp3) is 0.250. The van der Waals surface area contributed by atoms with E-state index >= 15 is 0 Å². The third-order valence-corrected chi connectivity index (χ3v) is 1.98. The molecule has 0 atom stereocenters. The summed E-state index contributed by atoms with van der Waals surface area (Å²) >= 11 is 0. The van der Waals surface area contributed by atoms with E-state index in [0.717, 1.165) is 10.9 Å². The van der Waals surface area contributed by atoms with Crippen molar-refractivity contribution in [2.75, 3.05) is 0 Å². The number of fused-ring (bicyclic) bond motifs is 1. The molecule has 0 aliphatic rings. The molecule has 1 N–H and O–H groups in total. The molecule has 2 nitrogen and oxygen atoms in total. The van der Waals surface area contributed by atoms with Crippen molar-refractivity contribution in [3.63, 3.8) is 0 Å². The Balaban J connectivity index is 0.000000617. The van der Waals surface area contributed by atoms with E-state index in [0.29, 0.717) is 0 Å². The molecular weight excluding hydrogens is 174 g/mol. The highest BCUT2D eigenvalue weighted by molar-refractivity contribution is 5.81. The zero-order valence-corrected chi connectivity index (χ0v) is 8.79. The molecule has 76 valence electrons. The molecule has 1 heterocycles. The zero-order valence-electron chi connectivity index (χ0n) is 8.79. The van der Waals surface area contributed by atoms with E-state index in [-0.39, 0.29) is 6.99 Å². The molecule has 0 saturated heterocycles. The smallest absolute Gasteiger partial charge is 0.248 e. The molecule has 0 unspecified atom stereocenters. The topological polar surface area (TPSA) is 32.9 Å². The molecule has 2 rings (SSSR count). The average Bonchev–Trinajstić information content (AvgIpc) is 2.21. The minimum absolute atomic E-state index is 0. The number of hydrogen-bond donors (Lipinski definition) is 1. The van der Waals surface area contributed by atoms with Crippen LogP contribution in [0.3, 0.4) is 0 Å². The van der Waals surface area contributed by atoms with E-state index in [4.69, 9.17) is 0 Å². The number of aryl methyl sites for hydroxylation is 1. The van der Waals surface area contributed by atoms with Gasteiger partial charge in [-0.15, -0.1) is 0 Å². The summed E-state index contributed by atoms with van der Waals surface area (Å²) in [4.78, 5) is 13.7. The first kappa shape index (κ1) is 10.5. The van der Waals surface area contributed by atoms with Crippen molar-refractivity contribution in [2.24, 2.45) is 0 Å². The number of aromatic nitrogens is 1. The molecule has 0 spiro atoms. The lowest BCUT2D eigenvalue weighted by atomic mass is 10.1. The van der Waals surface area contributed by atoms with Crippen LogP contribution >= 0.6 is 0 Å². The summed E-state index contributed by atoms with van der Waals surface area (Å²) in [5.74, 6) is 0. The third kappa shape index (κ3) is 2.02. The van der Waals surface area contributed by atoms with Gasteiger partial charge < -0.3 is 4.98 Å². The second kappa shape index (κ2) is 4.61. The Morgan fingerprint density at radius 3 is 2.57 bits per heavy atom. The number of pyridine rings is 1. The van der Waals surface area contributed by atoms with Gasteiger partial charge in [0.2, 0.25) is 5.56 Å². The van der Waals surface area contributed by atoms with Crippen molar-refractivity contribution < 1.29 is 1.43 Å². The fourth-order valence-corrected chi connectivity index (χ4v) is 1.34. The summed E-state index contributed by atoms with van der Waals surface area (Å²) in [6.45, 7) is 6.03. The molecule has 0 aliphatic carbocycles. The Morgan fingerprint density at radius 2 is 1.86 bits per heavy atom. The fourth-order valence-electron chi connectivity index (χ4n) is 1.34. The van der Waals surface area contributed by atoms with Gasteiger partial charge in [-0.05, 0) is 24.6 Å². The van der Waals surface area contributed by atoms with E-state index < -0.39 is 0 Å². The summed E-state index contributed by atoms with van der Waals surface area (Å²) in [5, 5.41) is 1.11. The molecular formula is C12H17NO. The van der Waals surface area contributed by atoms with Gasteiger partial charge in [0, 0.05) is 18.4 Å². The Labute approximate surface area is 85.1 Å². The monoisotopic (exact) mass is 191 g/mol. The highest BCUT2D eigenvalue weighted by Crippen LogP contribution is 2.13. The second-order valence-corrected chi connectivity index (χ2v) is 2.86. The molecule has 0 fully saturated rings. The first-order chi connectivity index (χ1) is 6.77. The van der Waals surface area contributed by atoms with Gasteiger partial charge in [-0.25, -0.2) is 0 Å². The van der Waals surface area contributed by atoms with Gasteiger partial charge in [0.15, 0.2) is 0 Å². The second-order valence-electron chi connectivity index (χ2n) is 2.86. The highest BCUT2D eigenvalue weighted by Gasteiger charge is 1.95. The van der Waals surface area contributed by atoms with Crippen LogP contribution in [0, 0.1) is 6.92 Å². The lowest BCUT2D eigenvalue weighted by Crippen LogP contribution is -2.02. The number of hydrogen-bond acceptors (Lipinski definition) is 1. The normalized spacial score (nSPS) is 9.36. The highest BCUT2D eigenvalue weighted by atomic mass is 16.1. The number of benzene rings is 1. The number of rotatable bonds is 0. The van der Waals surface area contributed by atoms with Crippen LogP contribution in [-0.4, -0.2) is 4.98 Å². The van der Waals surface area contributed by atoms with Crippen LogP contribution < -0.4 is 5.56 Å². The minimum atomic E-state index is -0.0481. The van der Waals surface area contributed by atoms with Crippen molar-refractivity contribution in [3.8, 4) is 0 Å². The average molecular weight is 191 g/mol. The van der Waals surface area contributed by atoms with E-state index in [1.807, 2.05) is 45.0 Å². The summed E-state index contributed by atoms with van der Waals surface area (Å²) in [6, 6.07) is 9.27. The van der Waals surface area contributed by atoms with Gasteiger partial charge in [-0.3, -0.25) is 4.79 Å². The lowest BCUT2D eigenvalue weighted by molar-refractivity contribution is 1.30. The number of aromatic amines is 1. The predicted octanol–water partition coefficient (Wildman–Crippen LogP) is 3.11. The molecule has 0 bridgehead atoms. The van der Waals surface area contributed by atoms with Crippen molar-refractivity contribution in [3.05, 3.63) is 46.2 Å². The van der Waals surface area contributed by atoms with Crippen LogP contribution in [0.2, 0.25) is 0 Å². The van der Waals surface area contributed by atoms with Crippen LogP contribution in [0.4, 0.5) is 0 Å². The molecule has 0 saturated carbocycles. The molecule has 1 aromatic heterocycles. The summed E-state index contributed by atoms with van der Waals surface area (Å²) in [7, 11) is 0. The van der Waals surface area contributed by atoms with E-state index in [9.17, 15) is 4.79 Å². The minimum Gasteiger partial charge on any atom is -0.322 e. The lowest BCUT2D eigenvalue weighted by Gasteiger charge is -1.98. The molecule has 2 aromatic rings. The zero-order chi connectivity index (χ0) is 10.6. The maximum atomic E-state index is 10.9. The molecule has 1 aromatic carbocycles. The molecule has 2 heteroatoms. The Bertz CT molecular complexity index is 476. The van der Waals surface area contributed by atoms with Crippen LogP contribution in [0.5, 0.6) is 0 Å². The largest absolute Gasteiger partial charge is 0.322 e. The molecule has 0 aliphatic heterocycles. The van der Waals surface area contributed by atoms with Crippen molar-refractivity contribution in [1.82, 2.24) is 4.98 Å². The van der Waals surface area contributed by atoms with Gasteiger partial charge in [-0.1, -0.05) is 26.0 Å². The van der Waals surface area contributed by atoms with Crippen molar-refractivity contribution in [1.29, 1.82) is 0 Å². The Hall–Kier alpha value is -1.57. The maximum Gasteiger partial charge on any atom is 0.248 e. The summed E-state index contributed by atoms with van der Waals surface area (Å²) in [5.41, 5.74) is 2.04. The van der Waals surface area contributed by atoms with E-state index in [2.05, 4.69) is 4.98 Å². The van der Waals surface area contributed by atoms with Gasteiger partial charge in [0.1, 0.15) is 0 Å². The molecule has 14 heavy (non-hydrogen) atoms. The maximum absolute atomic E-state index is 10.9. The third-order valence-electron chi connectivity index (χ3n) is 1.98. The van der Waals surface area contributed by atoms with Gasteiger partial charge in [0.05, 0.1) is 0 Å². The van der Waals surface area contributed by atoms with Crippen molar-refractivity contribution in [2.45, 2.75) is 20.8 Å². The molecule has 0 radical (unpaired) electrons. The first-order valence-electron chi connectivity index (χ1n) is 4.86. The first-order valence-corrected chi connectivity index (χ1v) is 4.86. The van der Waals surface area contributed by atoms with Crippen LogP contribution in [0.25, 0.3) is 10.9 Å². The Morgan fingerprint density at radius 1 is 1.14 bits per heavy atom. The summed E-state index contributed by atoms with van der Waals surface area (Å²) in [6.07, 6.45) is 0. The van der Waals surface area contributed by atoms with E-state index in [1.54, 1.807) is 6.07 Å². The van der Waals surface area contributed by atoms with Gasteiger partial charge in [0.25, 0.3) is 0 Å². The van der Waals surface area contributed by atoms with E-state index in [1.165, 1.54) is 5.56 Å². The summed E-state index contributed by atoms with van der Waals surface area (Å²) < 4.78 is 0. The van der Waals surface area contributed by atoms with Gasteiger partial charge >= 0.3 is 0 Å². The predicted molar refractivity (Wildman–Crippen MR) is 62.8 cm³/mol. The van der Waals surface area contributed by atoms with Crippen LogP contribution in [-0.2, 0) is 0 Å². The standard InChI is InChI=1S/C10H9NO.C2H6.H2/c1-7-3-2-4-9-8(7)5-6-10(12)11-9;1-2;/h2-6H,1H3,(H,11,12);1-2H3;1H. The number of H-pyrrole nitrogens is 1. The van der Waals surface area contributed by atoms with Crippen molar-refractivity contribution >= 4 is 10.9 Å². The SMILES string of the molecule is CC.Cc1cccc2[nH]c(=O)ccc12.[HH]. The number of nitrogens with one attached hydrogen (secondary N) is 1. The molecule has 0 amide bonds. The van der Waals surface area contributed by atoms with Crippen LogP contribution in [0.1, 0.15) is 20.8 Å². The van der Waals surface area contributed by atoms with Crippen LogP contribution in [0.15, 0.2) is 35.1 Å².